The molecule has 0 amide bonds. The van der Waals surface area contributed by atoms with Gasteiger partial charge >= 0.3 is 0 Å². The maximum atomic E-state index is 4.70. The van der Waals surface area contributed by atoms with Crippen LogP contribution in [-0.4, -0.2) is 24.8 Å². The predicted octanol–water partition coefficient (Wildman–Crippen LogP) is 2.82. The van der Waals surface area contributed by atoms with E-state index in [1.807, 2.05) is 21.6 Å². The Bertz CT molecular complexity index is 997. The quantitative estimate of drug-likeness (QED) is 0.588. The first kappa shape index (κ1) is 14.8. The third kappa shape index (κ3) is 2.64. The molecular formula is C18H21N6+. The topological polar surface area (TPSA) is 62.8 Å². The molecule has 1 unspecified atom stereocenters. The summed E-state index contributed by atoms with van der Waals surface area (Å²) in [6.07, 6.45) is 3.61. The first-order valence-corrected chi connectivity index (χ1v) is 8.29. The summed E-state index contributed by atoms with van der Waals surface area (Å²) in [4.78, 5) is 6.10. The monoisotopic (exact) mass is 321 g/mol. The smallest absolute Gasteiger partial charge is 0.207 e. The van der Waals surface area contributed by atoms with Crippen molar-refractivity contribution >= 4 is 16.7 Å². The Morgan fingerprint density at radius 2 is 1.96 bits per heavy atom. The van der Waals surface area contributed by atoms with Crippen molar-refractivity contribution in [3.63, 3.8) is 0 Å². The molecule has 0 aliphatic carbocycles. The van der Waals surface area contributed by atoms with Crippen molar-refractivity contribution in [1.29, 1.82) is 0 Å². The van der Waals surface area contributed by atoms with Gasteiger partial charge in [-0.25, -0.2) is 9.50 Å². The number of rotatable bonds is 4. The number of nitrogens with one attached hydrogen (secondary N) is 1. The van der Waals surface area contributed by atoms with Crippen LogP contribution < -0.4 is 4.80 Å². The zero-order valence-corrected chi connectivity index (χ0v) is 14.1. The molecule has 3 aromatic heterocycles. The standard InChI is InChI=1S/C18H20N6/c1-12(2)14-4-6-16-17(8-14)22-24(21-16)9-13(3)15-5-7-18-19-11-20-23(18)10-15/h4-8,10-13H,9H2,1-3H3/p+1. The molecule has 0 radical (unpaired) electrons. The van der Waals surface area contributed by atoms with Crippen molar-refractivity contribution in [2.24, 2.45) is 0 Å². The lowest BCUT2D eigenvalue weighted by Crippen LogP contribution is -2.41. The Kier molecular flexibility index (Phi) is 3.52. The fourth-order valence-corrected chi connectivity index (χ4v) is 2.95. The van der Waals surface area contributed by atoms with E-state index in [2.05, 4.69) is 60.2 Å². The molecule has 6 heteroatoms. The van der Waals surface area contributed by atoms with Gasteiger partial charge in [0.1, 0.15) is 11.8 Å². The van der Waals surface area contributed by atoms with Gasteiger partial charge < -0.3 is 0 Å². The average molecular weight is 321 g/mol. The summed E-state index contributed by atoms with van der Waals surface area (Å²) in [6, 6.07) is 10.5. The highest BCUT2D eigenvalue weighted by atomic mass is 15.5. The highest BCUT2D eigenvalue weighted by molar-refractivity contribution is 5.73. The maximum absolute atomic E-state index is 4.70. The Morgan fingerprint density at radius 1 is 1.12 bits per heavy atom. The van der Waals surface area contributed by atoms with Gasteiger partial charge in [0.15, 0.2) is 11.2 Å². The van der Waals surface area contributed by atoms with Crippen molar-refractivity contribution in [3.05, 3.63) is 54.0 Å². The molecule has 6 nitrogen and oxygen atoms in total. The predicted molar refractivity (Wildman–Crippen MR) is 91.8 cm³/mol. The summed E-state index contributed by atoms with van der Waals surface area (Å²) < 4.78 is 1.81. The number of hydrogen-bond donors (Lipinski definition) is 1. The van der Waals surface area contributed by atoms with E-state index < -0.39 is 0 Å². The van der Waals surface area contributed by atoms with Gasteiger partial charge in [-0.05, 0) is 40.0 Å². The molecule has 0 saturated carbocycles. The van der Waals surface area contributed by atoms with Gasteiger partial charge in [-0.1, -0.05) is 32.9 Å². The van der Waals surface area contributed by atoms with Crippen molar-refractivity contribution in [2.75, 3.05) is 0 Å². The largest absolute Gasteiger partial charge is 0.221 e. The minimum atomic E-state index is 0.314. The van der Waals surface area contributed by atoms with Gasteiger partial charge in [0.2, 0.25) is 6.54 Å². The minimum absolute atomic E-state index is 0.314. The van der Waals surface area contributed by atoms with Crippen LogP contribution >= 0.6 is 0 Å². The lowest BCUT2D eigenvalue weighted by molar-refractivity contribution is -0.801. The molecular weight excluding hydrogens is 300 g/mol. The first-order valence-electron chi connectivity index (χ1n) is 8.29. The van der Waals surface area contributed by atoms with E-state index in [0.29, 0.717) is 11.8 Å². The van der Waals surface area contributed by atoms with Crippen LogP contribution in [0.2, 0.25) is 0 Å². The van der Waals surface area contributed by atoms with E-state index in [4.69, 9.17) is 5.10 Å². The number of benzene rings is 1. The lowest BCUT2D eigenvalue weighted by atomic mass is 10.0. The average Bonchev–Trinajstić information content (AvgIpc) is 3.18. The zero-order chi connectivity index (χ0) is 16.7. The van der Waals surface area contributed by atoms with Crippen LogP contribution in [0.15, 0.2) is 42.9 Å². The Morgan fingerprint density at radius 3 is 2.79 bits per heavy atom. The summed E-state index contributed by atoms with van der Waals surface area (Å²) in [6.45, 7) is 7.37. The van der Waals surface area contributed by atoms with Crippen molar-refractivity contribution in [3.8, 4) is 0 Å². The SMILES string of the molecule is CC(C)c1ccc2[nH][n+](CC(C)c3ccc4ncnn4c3)nc2c1. The highest BCUT2D eigenvalue weighted by Gasteiger charge is 2.17. The number of H-pyrrole nitrogens is 1. The highest BCUT2D eigenvalue weighted by Crippen LogP contribution is 2.19. The zero-order valence-electron chi connectivity index (χ0n) is 14.1. The molecule has 4 aromatic rings. The molecule has 0 saturated heterocycles. The summed E-state index contributed by atoms with van der Waals surface area (Å²) >= 11 is 0. The van der Waals surface area contributed by atoms with Crippen molar-refractivity contribution in [1.82, 2.24) is 24.8 Å². The van der Waals surface area contributed by atoms with Crippen LogP contribution in [0, 0.1) is 0 Å². The van der Waals surface area contributed by atoms with Crippen LogP contribution in [0.3, 0.4) is 0 Å². The molecule has 1 aromatic carbocycles. The third-order valence-electron chi connectivity index (χ3n) is 4.48. The molecule has 1 N–H and O–H groups in total. The van der Waals surface area contributed by atoms with Gasteiger partial charge in [-0.3, -0.25) is 0 Å². The number of nitrogens with zero attached hydrogens (tertiary/aromatic N) is 5. The van der Waals surface area contributed by atoms with Crippen molar-refractivity contribution in [2.45, 2.75) is 39.2 Å². The molecule has 1 atom stereocenters. The van der Waals surface area contributed by atoms with Crippen LogP contribution in [0.1, 0.15) is 43.7 Å². The molecule has 0 spiro atoms. The van der Waals surface area contributed by atoms with E-state index in [9.17, 15) is 0 Å². The molecule has 0 fully saturated rings. The Labute approximate surface area is 140 Å². The summed E-state index contributed by atoms with van der Waals surface area (Å²) in [5, 5.41) is 12.3. The summed E-state index contributed by atoms with van der Waals surface area (Å²) in [5.41, 5.74) is 5.47. The number of fused-ring (bicyclic) bond motifs is 2. The number of aromatic amines is 1. The van der Waals surface area contributed by atoms with Crippen molar-refractivity contribution < 1.29 is 4.80 Å². The van der Waals surface area contributed by atoms with Gasteiger partial charge in [0.05, 0.1) is 0 Å². The van der Waals surface area contributed by atoms with E-state index in [1.54, 1.807) is 6.33 Å². The maximum Gasteiger partial charge on any atom is 0.207 e. The second kappa shape index (κ2) is 5.70. The third-order valence-corrected chi connectivity index (χ3v) is 4.48. The van der Waals surface area contributed by atoms with E-state index in [-0.39, 0.29) is 0 Å². The molecule has 24 heavy (non-hydrogen) atoms. The summed E-state index contributed by atoms with van der Waals surface area (Å²) in [5.74, 6) is 0.821. The molecule has 3 heterocycles. The fraction of sp³-hybridized carbons (Fsp3) is 0.333. The first-order chi connectivity index (χ1) is 11.6. The van der Waals surface area contributed by atoms with E-state index in [0.717, 1.165) is 23.2 Å². The second-order valence-corrected chi connectivity index (χ2v) is 6.65. The van der Waals surface area contributed by atoms with E-state index in [1.165, 1.54) is 11.1 Å². The minimum Gasteiger partial charge on any atom is -0.221 e. The number of hydrogen-bond acceptors (Lipinski definition) is 3. The van der Waals surface area contributed by atoms with Gasteiger partial charge in [0, 0.05) is 17.2 Å². The van der Waals surface area contributed by atoms with E-state index >= 15 is 0 Å². The Hall–Kier alpha value is -2.76. The molecule has 122 valence electrons. The number of aromatic nitrogens is 6. The molecule has 4 rings (SSSR count). The second-order valence-electron chi connectivity index (χ2n) is 6.65. The van der Waals surface area contributed by atoms with Gasteiger partial charge in [0.25, 0.3) is 0 Å². The van der Waals surface area contributed by atoms with Crippen LogP contribution in [0.4, 0.5) is 0 Å². The molecule has 0 aliphatic heterocycles. The van der Waals surface area contributed by atoms with Crippen LogP contribution in [-0.2, 0) is 6.54 Å². The molecule has 0 bridgehead atoms. The summed E-state index contributed by atoms with van der Waals surface area (Å²) in [7, 11) is 0. The molecule has 0 aliphatic rings. The number of pyridine rings is 1. The van der Waals surface area contributed by atoms with Crippen LogP contribution in [0.5, 0.6) is 0 Å². The Balaban J connectivity index is 1.60. The van der Waals surface area contributed by atoms with Gasteiger partial charge in [-0.2, -0.15) is 5.10 Å². The lowest BCUT2D eigenvalue weighted by Gasteiger charge is -2.06. The van der Waals surface area contributed by atoms with Crippen LogP contribution in [0.25, 0.3) is 16.7 Å². The fourth-order valence-electron chi connectivity index (χ4n) is 2.95. The van der Waals surface area contributed by atoms with Gasteiger partial charge in [-0.15, -0.1) is 5.10 Å². The normalized spacial score (nSPS) is 13.2.